The topological polar surface area (TPSA) is 95.9 Å². The molecule has 1 amide bonds. The Morgan fingerprint density at radius 3 is 2.61 bits per heavy atom. The van der Waals surface area contributed by atoms with Crippen LogP contribution in [0.15, 0.2) is 12.1 Å². The minimum absolute atomic E-state index is 0.0425. The van der Waals surface area contributed by atoms with Crippen molar-refractivity contribution in [3.63, 3.8) is 0 Å². The molecule has 0 aromatic heterocycles. The Morgan fingerprint density at radius 2 is 2.09 bits per heavy atom. The highest BCUT2D eigenvalue weighted by Crippen LogP contribution is 2.31. The first-order chi connectivity index (χ1) is 10.6. The van der Waals surface area contributed by atoms with Crippen LogP contribution in [0.3, 0.4) is 0 Å². The van der Waals surface area contributed by atoms with E-state index in [4.69, 9.17) is 9.76 Å². The SMILES string of the molecule is CCC(NC(=O)c1cc2c(c(C(F)(F)F)c1)B(O)OC2)C(=O)O. The van der Waals surface area contributed by atoms with Crippen molar-refractivity contribution in [3.8, 4) is 0 Å². The number of hydrogen-bond donors (Lipinski definition) is 3. The number of hydrogen-bond acceptors (Lipinski definition) is 4. The van der Waals surface area contributed by atoms with Crippen LogP contribution in [0.25, 0.3) is 0 Å². The number of fused-ring (bicyclic) bond motifs is 1. The molecule has 1 aliphatic rings. The van der Waals surface area contributed by atoms with E-state index >= 15 is 0 Å². The molecule has 1 aromatic carbocycles. The molecule has 23 heavy (non-hydrogen) atoms. The molecular formula is C13H13BF3NO5. The number of benzene rings is 1. The molecule has 0 aliphatic carbocycles. The average Bonchev–Trinajstić information content (AvgIpc) is 2.83. The molecule has 0 radical (unpaired) electrons. The summed E-state index contributed by atoms with van der Waals surface area (Å²) in [5, 5.41) is 20.6. The molecular weight excluding hydrogens is 318 g/mol. The Kier molecular flexibility index (Phi) is 4.67. The quantitative estimate of drug-likeness (QED) is 0.699. The molecule has 3 N–H and O–H groups in total. The van der Waals surface area contributed by atoms with Crippen LogP contribution in [0.2, 0.25) is 0 Å². The van der Waals surface area contributed by atoms with Gasteiger partial charge in [0, 0.05) is 5.56 Å². The normalized spacial score (nSPS) is 15.3. The van der Waals surface area contributed by atoms with Crippen LogP contribution in [0.4, 0.5) is 13.2 Å². The van der Waals surface area contributed by atoms with Crippen LogP contribution in [-0.4, -0.2) is 35.2 Å². The van der Waals surface area contributed by atoms with Crippen molar-refractivity contribution in [2.45, 2.75) is 32.2 Å². The molecule has 1 atom stereocenters. The summed E-state index contributed by atoms with van der Waals surface area (Å²) in [7, 11) is -1.71. The van der Waals surface area contributed by atoms with Crippen molar-refractivity contribution in [2.24, 2.45) is 0 Å². The van der Waals surface area contributed by atoms with Crippen LogP contribution < -0.4 is 10.8 Å². The van der Waals surface area contributed by atoms with Gasteiger partial charge in [-0.2, -0.15) is 13.2 Å². The third-order valence-electron chi connectivity index (χ3n) is 3.49. The lowest BCUT2D eigenvalue weighted by Gasteiger charge is -2.16. The molecule has 2 rings (SSSR count). The van der Waals surface area contributed by atoms with Gasteiger partial charge in [-0.05, 0) is 29.6 Å². The minimum Gasteiger partial charge on any atom is -0.480 e. The second-order valence-electron chi connectivity index (χ2n) is 5.03. The number of amides is 1. The summed E-state index contributed by atoms with van der Waals surface area (Å²) in [6, 6.07) is 0.539. The van der Waals surface area contributed by atoms with Crippen molar-refractivity contribution >= 4 is 24.5 Å². The van der Waals surface area contributed by atoms with Gasteiger partial charge >= 0.3 is 19.3 Å². The number of carbonyl (C=O) groups is 2. The van der Waals surface area contributed by atoms with Crippen LogP contribution in [-0.2, 0) is 22.2 Å². The van der Waals surface area contributed by atoms with E-state index in [9.17, 15) is 27.8 Å². The van der Waals surface area contributed by atoms with Crippen molar-refractivity contribution in [1.82, 2.24) is 5.32 Å². The predicted octanol–water partition coefficient (Wildman–Crippen LogP) is 0.516. The molecule has 124 valence electrons. The van der Waals surface area contributed by atoms with Gasteiger partial charge in [-0.3, -0.25) is 4.79 Å². The highest BCUT2D eigenvalue weighted by Gasteiger charge is 2.42. The molecule has 0 saturated heterocycles. The zero-order chi connectivity index (χ0) is 17.4. The Bertz CT molecular complexity index is 649. The number of carboxylic acids is 1. The van der Waals surface area contributed by atoms with Gasteiger partial charge in [-0.15, -0.1) is 0 Å². The lowest BCUT2D eigenvalue weighted by molar-refractivity contribution is -0.139. The molecule has 0 saturated carbocycles. The van der Waals surface area contributed by atoms with Crippen LogP contribution in [0.1, 0.15) is 34.8 Å². The smallest absolute Gasteiger partial charge is 0.480 e. The predicted molar refractivity (Wildman–Crippen MR) is 73.0 cm³/mol. The maximum atomic E-state index is 13.1. The van der Waals surface area contributed by atoms with Crippen LogP contribution >= 0.6 is 0 Å². The standard InChI is InChI=1S/C13H13BF3NO5/c1-2-9(12(20)21)18-11(19)6-3-7-5-23-14(22)10(7)8(4-6)13(15,16)17/h3-4,9,22H,2,5H2,1H3,(H,18,19)(H,20,21). The molecule has 0 bridgehead atoms. The van der Waals surface area contributed by atoms with E-state index in [2.05, 4.69) is 5.32 Å². The van der Waals surface area contributed by atoms with Gasteiger partial charge in [0.1, 0.15) is 6.04 Å². The van der Waals surface area contributed by atoms with Crippen LogP contribution in [0.5, 0.6) is 0 Å². The summed E-state index contributed by atoms with van der Waals surface area (Å²) in [6.45, 7) is 1.25. The first-order valence-corrected chi connectivity index (χ1v) is 6.72. The van der Waals surface area contributed by atoms with Gasteiger partial charge in [0.15, 0.2) is 0 Å². The summed E-state index contributed by atoms with van der Waals surface area (Å²) >= 11 is 0. The number of carboxylic acid groups (broad SMARTS) is 1. The Morgan fingerprint density at radius 1 is 1.43 bits per heavy atom. The van der Waals surface area contributed by atoms with Crippen molar-refractivity contribution in [1.29, 1.82) is 0 Å². The van der Waals surface area contributed by atoms with Gasteiger partial charge in [0.25, 0.3) is 5.91 Å². The molecule has 1 unspecified atom stereocenters. The lowest BCUT2D eigenvalue weighted by Crippen LogP contribution is -2.41. The van der Waals surface area contributed by atoms with E-state index in [1.54, 1.807) is 0 Å². The van der Waals surface area contributed by atoms with Gasteiger partial charge in [-0.25, -0.2) is 4.79 Å². The first-order valence-electron chi connectivity index (χ1n) is 6.72. The molecule has 1 heterocycles. The zero-order valence-corrected chi connectivity index (χ0v) is 12.0. The van der Waals surface area contributed by atoms with E-state index in [-0.39, 0.29) is 24.2 Å². The van der Waals surface area contributed by atoms with E-state index in [1.165, 1.54) is 6.92 Å². The Balaban J connectivity index is 2.41. The fraction of sp³-hybridized carbons (Fsp3) is 0.385. The number of carbonyl (C=O) groups excluding carboxylic acids is 1. The molecule has 6 nitrogen and oxygen atoms in total. The Labute approximate surface area is 129 Å². The van der Waals surface area contributed by atoms with Crippen molar-refractivity contribution in [3.05, 3.63) is 28.8 Å². The van der Waals surface area contributed by atoms with Gasteiger partial charge in [0.05, 0.1) is 12.2 Å². The second kappa shape index (κ2) is 6.21. The fourth-order valence-electron chi connectivity index (χ4n) is 2.32. The average molecular weight is 331 g/mol. The molecule has 1 aromatic rings. The fourth-order valence-corrected chi connectivity index (χ4v) is 2.32. The zero-order valence-electron chi connectivity index (χ0n) is 12.0. The summed E-state index contributed by atoms with van der Waals surface area (Å²) < 4.78 is 44.1. The number of aliphatic carboxylic acids is 1. The van der Waals surface area contributed by atoms with Gasteiger partial charge in [-0.1, -0.05) is 6.92 Å². The maximum Gasteiger partial charge on any atom is 0.492 e. The summed E-state index contributed by atoms with van der Waals surface area (Å²) in [6.07, 6.45) is -4.70. The third kappa shape index (κ3) is 3.48. The highest BCUT2D eigenvalue weighted by molar-refractivity contribution is 6.62. The number of nitrogens with one attached hydrogen (secondary N) is 1. The van der Waals surface area contributed by atoms with E-state index < -0.39 is 42.2 Å². The highest BCUT2D eigenvalue weighted by atomic mass is 19.4. The molecule has 10 heteroatoms. The molecule has 0 fully saturated rings. The molecule has 1 aliphatic heterocycles. The second-order valence-corrected chi connectivity index (χ2v) is 5.03. The van der Waals surface area contributed by atoms with E-state index in [0.717, 1.165) is 6.07 Å². The Hall–Kier alpha value is -2.07. The van der Waals surface area contributed by atoms with E-state index in [0.29, 0.717) is 6.07 Å². The maximum absolute atomic E-state index is 13.1. The third-order valence-corrected chi connectivity index (χ3v) is 3.49. The van der Waals surface area contributed by atoms with Crippen LogP contribution in [0, 0.1) is 0 Å². The minimum atomic E-state index is -4.79. The van der Waals surface area contributed by atoms with Crippen molar-refractivity contribution < 1.29 is 37.5 Å². The number of halogens is 3. The summed E-state index contributed by atoms with van der Waals surface area (Å²) in [5.74, 6) is -2.22. The number of rotatable bonds is 4. The summed E-state index contributed by atoms with van der Waals surface area (Å²) in [5.41, 5.74) is -1.89. The van der Waals surface area contributed by atoms with Gasteiger partial charge < -0.3 is 20.1 Å². The largest absolute Gasteiger partial charge is 0.492 e. The summed E-state index contributed by atoms with van der Waals surface area (Å²) in [4.78, 5) is 22.9. The van der Waals surface area contributed by atoms with E-state index in [1.807, 2.05) is 0 Å². The lowest BCUT2D eigenvalue weighted by atomic mass is 9.75. The van der Waals surface area contributed by atoms with Gasteiger partial charge in [0.2, 0.25) is 0 Å². The monoisotopic (exact) mass is 331 g/mol. The molecule has 0 spiro atoms. The van der Waals surface area contributed by atoms with Crippen molar-refractivity contribution in [2.75, 3.05) is 0 Å². The first kappa shape index (κ1) is 17.3. The number of alkyl halides is 3.